The molecule has 0 unspecified atom stereocenters. The second kappa shape index (κ2) is 8.15. The van der Waals surface area contributed by atoms with Crippen molar-refractivity contribution in [1.82, 2.24) is 5.43 Å². The van der Waals surface area contributed by atoms with Crippen molar-refractivity contribution in [2.75, 3.05) is 18.5 Å². The highest BCUT2D eigenvalue weighted by Gasteiger charge is 2.04. The Morgan fingerprint density at radius 1 is 1.17 bits per heavy atom. The summed E-state index contributed by atoms with van der Waals surface area (Å²) < 4.78 is 0. The first-order valence-corrected chi connectivity index (χ1v) is 7.89. The van der Waals surface area contributed by atoms with Crippen LogP contribution in [0, 0.1) is 5.92 Å². The summed E-state index contributed by atoms with van der Waals surface area (Å²) in [5.41, 5.74) is 4.96. The Labute approximate surface area is 142 Å². The van der Waals surface area contributed by atoms with Gasteiger partial charge in [-0.05, 0) is 47.9 Å². The van der Waals surface area contributed by atoms with Gasteiger partial charge in [-0.3, -0.25) is 4.79 Å². The molecule has 0 fully saturated rings. The van der Waals surface area contributed by atoms with Gasteiger partial charge in [-0.1, -0.05) is 26.0 Å². The second-order valence-corrected chi connectivity index (χ2v) is 6.11. The summed E-state index contributed by atoms with van der Waals surface area (Å²) in [5.74, 6) is 0.406. The highest BCUT2D eigenvalue weighted by molar-refractivity contribution is 5.95. The van der Waals surface area contributed by atoms with Gasteiger partial charge < -0.3 is 10.0 Å². The van der Waals surface area contributed by atoms with E-state index in [2.05, 4.69) is 36.3 Å². The number of amides is 1. The Bertz CT molecular complexity index is 692. The Hall–Kier alpha value is -2.82. The SMILES string of the molecule is CC(C)CN(C)c1ccc(/C=N/NC(=O)c2ccc(O)cc2)cc1. The van der Waals surface area contributed by atoms with Crippen molar-refractivity contribution in [2.24, 2.45) is 11.0 Å². The molecule has 0 atom stereocenters. The van der Waals surface area contributed by atoms with Crippen LogP contribution in [0.5, 0.6) is 5.75 Å². The van der Waals surface area contributed by atoms with Crippen LogP contribution in [0.2, 0.25) is 0 Å². The molecule has 0 radical (unpaired) electrons. The Kier molecular flexibility index (Phi) is 5.95. The van der Waals surface area contributed by atoms with E-state index in [0.29, 0.717) is 11.5 Å². The van der Waals surface area contributed by atoms with Gasteiger partial charge in [0.1, 0.15) is 5.75 Å². The molecular weight excluding hydrogens is 302 g/mol. The first kappa shape index (κ1) is 17.5. The van der Waals surface area contributed by atoms with Gasteiger partial charge in [-0.25, -0.2) is 5.43 Å². The number of rotatable bonds is 6. The number of anilines is 1. The van der Waals surface area contributed by atoms with Gasteiger partial charge in [0.25, 0.3) is 5.91 Å². The summed E-state index contributed by atoms with van der Waals surface area (Å²) in [5, 5.41) is 13.2. The standard InChI is InChI=1S/C19H23N3O2/c1-14(2)13-22(3)17-8-4-15(5-9-17)12-20-21-19(24)16-6-10-18(23)11-7-16/h4-12,14,23H,13H2,1-3H3,(H,21,24)/b20-12+. The zero-order valence-electron chi connectivity index (χ0n) is 14.2. The number of nitrogens with one attached hydrogen (secondary N) is 1. The molecule has 5 heteroatoms. The number of carbonyl (C=O) groups excluding carboxylic acids is 1. The number of carbonyl (C=O) groups is 1. The minimum absolute atomic E-state index is 0.123. The molecule has 0 saturated carbocycles. The fraction of sp³-hybridized carbons (Fsp3) is 0.263. The monoisotopic (exact) mass is 325 g/mol. The van der Waals surface area contributed by atoms with Crippen molar-refractivity contribution in [2.45, 2.75) is 13.8 Å². The van der Waals surface area contributed by atoms with Gasteiger partial charge in [0.2, 0.25) is 0 Å². The molecule has 0 heterocycles. The van der Waals surface area contributed by atoms with Crippen LogP contribution in [0.25, 0.3) is 0 Å². The zero-order valence-corrected chi connectivity index (χ0v) is 14.2. The van der Waals surface area contributed by atoms with Crippen molar-refractivity contribution in [3.63, 3.8) is 0 Å². The summed E-state index contributed by atoms with van der Waals surface area (Å²) in [4.78, 5) is 14.1. The maximum atomic E-state index is 11.9. The highest BCUT2D eigenvalue weighted by atomic mass is 16.3. The predicted molar refractivity (Wildman–Crippen MR) is 97.7 cm³/mol. The fourth-order valence-corrected chi connectivity index (χ4v) is 2.31. The lowest BCUT2D eigenvalue weighted by Crippen LogP contribution is -2.22. The number of aromatic hydroxyl groups is 1. The molecule has 0 saturated heterocycles. The van der Waals surface area contributed by atoms with Gasteiger partial charge in [0, 0.05) is 24.8 Å². The van der Waals surface area contributed by atoms with Crippen molar-refractivity contribution in [3.05, 3.63) is 59.7 Å². The summed E-state index contributed by atoms with van der Waals surface area (Å²) in [7, 11) is 2.07. The van der Waals surface area contributed by atoms with Crippen LogP contribution in [0.3, 0.4) is 0 Å². The maximum Gasteiger partial charge on any atom is 0.271 e. The second-order valence-electron chi connectivity index (χ2n) is 6.11. The van der Waals surface area contributed by atoms with Crippen molar-refractivity contribution < 1.29 is 9.90 Å². The number of phenolic OH excluding ortho intramolecular Hbond substituents is 1. The topological polar surface area (TPSA) is 64.9 Å². The van der Waals surface area contributed by atoms with Crippen LogP contribution in [0.4, 0.5) is 5.69 Å². The molecule has 0 spiro atoms. The third-order valence-corrected chi connectivity index (χ3v) is 3.48. The van der Waals surface area contributed by atoms with E-state index < -0.39 is 0 Å². The minimum atomic E-state index is -0.320. The van der Waals surface area contributed by atoms with E-state index >= 15 is 0 Å². The van der Waals surface area contributed by atoms with Crippen molar-refractivity contribution >= 4 is 17.8 Å². The third-order valence-electron chi connectivity index (χ3n) is 3.48. The molecular formula is C19H23N3O2. The lowest BCUT2D eigenvalue weighted by Gasteiger charge is -2.21. The molecule has 24 heavy (non-hydrogen) atoms. The highest BCUT2D eigenvalue weighted by Crippen LogP contribution is 2.14. The summed E-state index contributed by atoms with van der Waals surface area (Å²) in [6, 6.07) is 14.0. The third kappa shape index (κ3) is 5.12. The molecule has 0 aliphatic heterocycles. The first-order chi connectivity index (χ1) is 11.5. The largest absolute Gasteiger partial charge is 0.508 e. The van der Waals surface area contributed by atoms with Crippen LogP contribution >= 0.6 is 0 Å². The maximum absolute atomic E-state index is 11.9. The van der Waals surface area contributed by atoms with E-state index in [1.165, 1.54) is 12.1 Å². The Morgan fingerprint density at radius 2 is 1.79 bits per heavy atom. The predicted octanol–water partition coefficient (Wildman–Crippen LogP) is 3.25. The van der Waals surface area contributed by atoms with E-state index in [9.17, 15) is 9.90 Å². The molecule has 2 rings (SSSR count). The van der Waals surface area contributed by atoms with Crippen LogP contribution in [-0.2, 0) is 0 Å². The molecule has 2 N–H and O–H groups in total. The normalized spacial score (nSPS) is 11.0. The van der Waals surface area contributed by atoms with Crippen LogP contribution in [0.1, 0.15) is 29.8 Å². The molecule has 2 aromatic rings. The minimum Gasteiger partial charge on any atom is -0.508 e. The smallest absolute Gasteiger partial charge is 0.271 e. The van der Waals surface area contributed by atoms with Crippen LogP contribution < -0.4 is 10.3 Å². The van der Waals surface area contributed by atoms with Gasteiger partial charge in [-0.15, -0.1) is 0 Å². The molecule has 5 nitrogen and oxygen atoms in total. The average Bonchev–Trinajstić information content (AvgIpc) is 2.55. The fourth-order valence-electron chi connectivity index (χ4n) is 2.31. The number of nitrogens with zero attached hydrogens (tertiary/aromatic N) is 2. The molecule has 0 aliphatic rings. The number of hydrazone groups is 1. The van der Waals surface area contributed by atoms with Crippen LogP contribution in [-0.4, -0.2) is 30.8 Å². The average molecular weight is 325 g/mol. The van der Waals surface area contributed by atoms with E-state index in [1.54, 1.807) is 18.3 Å². The van der Waals surface area contributed by atoms with E-state index in [0.717, 1.165) is 17.8 Å². The zero-order chi connectivity index (χ0) is 17.5. The molecule has 2 aromatic carbocycles. The van der Waals surface area contributed by atoms with E-state index in [4.69, 9.17) is 0 Å². The van der Waals surface area contributed by atoms with Crippen molar-refractivity contribution in [1.29, 1.82) is 0 Å². The van der Waals surface area contributed by atoms with E-state index in [-0.39, 0.29) is 11.7 Å². The Morgan fingerprint density at radius 3 is 2.38 bits per heavy atom. The summed E-state index contributed by atoms with van der Waals surface area (Å²) >= 11 is 0. The number of benzene rings is 2. The summed E-state index contributed by atoms with van der Waals surface area (Å²) in [6.07, 6.45) is 1.60. The lowest BCUT2D eigenvalue weighted by molar-refractivity contribution is 0.0955. The number of hydrogen-bond donors (Lipinski definition) is 2. The summed E-state index contributed by atoms with van der Waals surface area (Å²) in [6.45, 7) is 5.37. The van der Waals surface area contributed by atoms with Gasteiger partial charge in [-0.2, -0.15) is 5.10 Å². The van der Waals surface area contributed by atoms with E-state index in [1.807, 2.05) is 24.3 Å². The van der Waals surface area contributed by atoms with Crippen molar-refractivity contribution in [3.8, 4) is 5.75 Å². The quantitative estimate of drug-likeness (QED) is 0.633. The van der Waals surface area contributed by atoms with Gasteiger partial charge in [0.05, 0.1) is 6.21 Å². The molecule has 1 amide bonds. The lowest BCUT2D eigenvalue weighted by atomic mass is 10.1. The molecule has 0 bridgehead atoms. The Balaban J connectivity index is 1.92. The number of phenols is 1. The van der Waals surface area contributed by atoms with Gasteiger partial charge >= 0.3 is 0 Å². The molecule has 0 aliphatic carbocycles. The first-order valence-electron chi connectivity index (χ1n) is 7.89. The molecule has 126 valence electrons. The van der Waals surface area contributed by atoms with Crippen LogP contribution in [0.15, 0.2) is 53.6 Å². The number of hydrogen-bond acceptors (Lipinski definition) is 4. The molecule has 0 aromatic heterocycles. The van der Waals surface area contributed by atoms with Gasteiger partial charge in [0.15, 0.2) is 0 Å².